The second-order valence-electron chi connectivity index (χ2n) is 8.01. The van der Waals surface area contributed by atoms with Crippen LogP contribution in [0.1, 0.15) is 59.3 Å². The van der Waals surface area contributed by atoms with Crippen molar-refractivity contribution in [2.24, 2.45) is 28.6 Å². The molecule has 0 saturated heterocycles. The van der Waals surface area contributed by atoms with Crippen LogP contribution in [0.3, 0.4) is 0 Å². The van der Waals surface area contributed by atoms with Crippen LogP contribution in [0.25, 0.3) is 0 Å². The molecule has 5 unspecified atom stereocenters. The van der Waals surface area contributed by atoms with Crippen LogP contribution in [-0.2, 0) is 4.79 Å². The van der Waals surface area contributed by atoms with E-state index in [9.17, 15) is 4.79 Å². The van der Waals surface area contributed by atoms with E-state index in [1.165, 1.54) is 19.3 Å². The Balaban J connectivity index is 1.93. The minimum Gasteiger partial charge on any atom is -0.299 e. The molecule has 0 aliphatic heterocycles. The normalized spacial score (nSPS) is 48.0. The van der Waals surface area contributed by atoms with Gasteiger partial charge in [-0.15, -0.1) is 6.58 Å². The highest BCUT2D eigenvalue weighted by Gasteiger charge is 2.52. The van der Waals surface area contributed by atoms with Crippen LogP contribution in [0, 0.1) is 28.6 Å². The lowest BCUT2D eigenvalue weighted by molar-refractivity contribution is -0.133. The summed E-state index contributed by atoms with van der Waals surface area (Å²) in [4.78, 5) is 12.1. The van der Waals surface area contributed by atoms with Gasteiger partial charge in [0.1, 0.15) is 5.78 Å². The molecule has 0 bridgehead atoms. The molecular formula is C19H28O. The van der Waals surface area contributed by atoms with Crippen molar-refractivity contribution in [1.29, 1.82) is 0 Å². The van der Waals surface area contributed by atoms with Gasteiger partial charge in [-0.2, -0.15) is 0 Å². The molecule has 110 valence electrons. The maximum absolute atomic E-state index is 12.1. The molecule has 0 heterocycles. The maximum Gasteiger partial charge on any atom is 0.136 e. The average Bonchev–Trinajstić information content (AvgIpc) is 2.43. The van der Waals surface area contributed by atoms with E-state index >= 15 is 0 Å². The summed E-state index contributed by atoms with van der Waals surface area (Å²) in [5.74, 6) is 2.05. The molecule has 0 radical (unpaired) electrons. The number of allylic oxidation sites excluding steroid dienone is 3. The molecule has 0 aromatic rings. The van der Waals surface area contributed by atoms with Crippen molar-refractivity contribution in [3.05, 3.63) is 24.3 Å². The first kappa shape index (κ1) is 14.1. The van der Waals surface area contributed by atoms with E-state index in [4.69, 9.17) is 0 Å². The van der Waals surface area contributed by atoms with Gasteiger partial charge < -0.3 is 0 Å². The number of hydrogen-bond donors (Lipinski definition) is 0. The summed E-state index contributed by atoms with van der Waals surface area (Å²) in [7, 11) is 0. The molecule has 2 saturated carbocycles. The Morgan fingerprint density at radius 3 is 2.80 bits per heavy atom. The van der Waals surface area contributed by atoms with Crippen LogP contribution in [-0.4, -0.2) is 5.78 Å². The second-order valence-corrected chi connectivity index (χ2v) is 8.01. The monoisotopic (exact) mass is 272 g/mol. The van der Waals surface area contributed by atoms with Gasteiger partial charge >= 0.3 is 0 Å². The molecule has 5 atom stereocenters. The van der Waals surface area contributed by atoms with E-state index in [1.54, 1.807) is 5.57 Å². The molecule has 20 heavy (non-hydrogen) atoms. The lowest BCUT2D eigenvalue weighted by Crippen LogP contribution is -2.49. The Morgan fingerprint density at radius 1 is 1.35 bits per heavy atom. The van der Waals surface area contributed by atoms with E-state index in [-0.39, 0.29) is 5.92 Å². The van der Waals surface area contributed by atoms with E-state index in [0.717, 1.165) is 19.3 Å². The first-order chi connectivity index (χ1) is 9.39. The third kappa shape index (κ3) is 1.93. The van der Waals surface area contributed by atoms with Gasteiger partial charge in [0.25, 0.3) is 0 Å². The number of Topliss-reactive ketones (excluding diaryl/α,β-unsaturated/α-hetero) is 1. The van der Waals surface area contributed by atoms with Crippen LogP contribution in [0.5, 0.6) is 0 Å². The van der Waals surface area contributed by atoms with E-state index < -0.39 is 0 Å². The lowest BCUT2D eigenvalue weighted by atomic mass is 9.49. The molecule has 1 heteroatoms. The van der Waals surface area contributed by atoms with Crippen molar-refractivity contribution < 1.29 is 4.79 Å². The third-order valence-electron chi connectivity index (χ3n) is 6.85. The second kappa shape index (κ2) is 4.58. The number of hydrogen-bond acceptors (Lipinski definition) is 1. The molecule has 0 aromatic carbocycles. The highest BCUT2D eigenvalue weighted by Crippen LogP contribution is 2.60. The highest BCUT2D eigenvalue weighted by atomic mass is 16.1. The van der Waals surface area contributed by atoms with Crippen molar-refractivity contribution in [3.8, 4) is 0 Å². The van der Waals surface area contributed by atoms with Crippen molar-refractivity contribution in [2.45, 2.75) is 59.3 Å². The zero-order chi connectivity index (χ0) is 14.5. The van der Waals surface area contributed by atoms with Crippen LogP contribution in [0.15, 0.2) is 24.3 Å². The summed E-state index contributed by atoms with van der Waals surface area (Å²) in [6, 6.07) is 0. The molecule has 1 nitrogen and oxygen atoms in total. The molecule has 0 N–H and O–H groups in total. The van der Waals surface area contributed by atoms with Gasteiger partial charge in [-0.25, -0.2) is 0 Å². The summed E-state index contributed by atoms with van der Waals surface area (Å²) in [5, 5.41) is 0. The van der Waals surface area contributed by atoms with Gasteiger partial charge in [-0.3, -0.25) is 4.79 Å². The van der Waals surface area contributed by atoms with Crippen LogP contribution in [0.4, 0.5) is 0 Å². The van der Waals surface area contributed by atoms with Crippen LogP contribution >= 0.6 is 0 Å². The van der Waals surface area contributed by atoms with E-state index in [2.05, 4.69) is 39.5 Å². The fourth-order valence-electron chi connectivity index (χ4n) is 5.26. The van der Waals surface area contributed by atoms with Gasteiger partial charge in [0.15, 0.2) is 0 Å². The number of carbonyl (C=O) groups is 1. The Hall–Kier alpha value is -0.850. The van der Waals surface area contributed by atoms with Gasteiger partial charge in [0.2, 0.25) is 0 Å². The molecule has 3 rings (SSSR count). The van der Waals surface area contributed by atoms with Crippen LogP contribution < -0.4 is 0 Å². The molecule has 3 aliphatic rings. The topological polar surface area (TPSA) is 17.1 Å². The van der Waals surface area contributed by atoms with Gasteiger partial charge in [0.05, 0.1) is 0 Å². The molecule has 0 amide bonds. The van der Waals surface area contributed by atoms with E-state index in [1.807, 2.05) is 0 Å². The number of rotatable bonds is 1. The maximum atomic E-state index is 12.1. The highest BCUT2D eigenvalue weighted by molar-refractivity contribution is 5.82. The summed E-state index contributed by atoms with van der Waals surface area (Å²) < 4.78 is 0. The van der Waals surface area contributed by atoms with Gasteiger partial charge in [-0.1, -0.05) is 38.5 Å². The lowest BCUT2D eigenvalue weighted by Gasteiger charge is -2.55. The molecule has 2 fully saturated rings. The zero-order valence-corrected chi connectivity index (χ0v) is 13.2. The molecule has 3 aliphatic carbocycles. The van der Waals surface area contributed by atoms with Crippen molar-refractivity contribution >= 4 is 5.78 Å². The summed E-state index contributed by atoms with van der Waals surface area (Å²) in [6.07, 6.45) is 11.4. The Labute approximate surface area is 123 Å². The summed E-state index contributed by atoms with van der Waals surface area (Å²) in [6.45, 7) is 11.0. The number of ketones is 1. The minimum absolute atomic E-state index is 0.263. The summed E-state index contributed by atoms with van der Waals surface area (Å²) >= 11 is 0. The number of fused-ring (bicyclic) bond motifs is 3. The summed E-state index contributed by atoms with van der Waals surface area (Å²) in [5.41, 5.74) is 2.32. The van der Waals surface area contributed by atoms with Crippen LogP contribution in [0.2, 0.25) is 0 Å². The zero-order valence-electron chi connectivity index (χ0n) is 13.2. The predicted molar refractivity (Wildman–Crippen MR) is 83.3 cm³/mol. The minimum atomic E-state index is 0.263. The largest absolute Gasteiger partial charge is 0.299 e. The Morgan fingerprint density at radius 2 is 2.10 bits per heavy atom. The van der Waals surface area contributed by atoms with Gasteiger partial charge in [-0.05, 0) is 54.8 Å². The predicted octanol–water partition coefficient (Wildman–Crippen LogP) is 4.93. The first-order valence-electron chi connectivity index (χ1n) is 8.25. The van der Waals surface area contributed by atoms with Crippen molar-refractivity contribution in [3.63, 3.8) is 0 Å². The molecule has 0 aromatic heterocycles. The Bertz CT molecular complexity index is 474. The Kier molecular flexibility index (Phi) is 3.23. The quantitative estimate of drug-likeness (QED) is 0.618. The fourth-order valence-corrected chi connectivity index (χ4v) is 5.26. The first-order valence-corrected chi connectivity index (χ1v) is 8.25. The smallest absolute Gasteiger partial charge is 0.136 e. The molecular weight excluding hydrogens is 244 g/mol. The average molecular weight is 272 g/mol. The molecule has 0 spiro atoms. The van der Waals surface area contributed by atoms with Gasteiger partial charge in [0, 0.05) is 12.3 Å². The number of carbonyl (C=O) groups excluding carboxylic acids is 1. The SMILES string of the molecule is C=CC1(C)CCC2C(=CCC3C(C)C(=O)CCC23C)C1. The third-order valence-corrected chi connectivity index (χ3v) is 6.85. The van der Waals surface area contributed by atoms with E-state index in [0.29, 0.717) is 28.4 Å². The van der Waals surface area contributed by atoms with Crippen molar-refractivity contribution in [2.75, 3.05) is 0 Å². The fraction of sp³-hybridized carbons (Fsp3) is 0.737. The standard InChI is InChI=1S/C19H28O/c1-5-18(3)10-8-16-14(12-18)6-7-15-13(2)17(20)9-11-19(15,16)4/h5-6,13,15-16H,1,7-12H2,2-4H3. The van der Waals surface area contributed by atoms with Crippen molar-refractivity contribution in [1.82, 2.24) is 0 Å².